The zero-order valence-electron chi connectivity index (χ0n) is 11.7. The SMILES string of the molecule is COc1ccc(NC(=O)CNCc2cccc(Cl)c2)cc1. The number of amides is 1. The Morgan fingerprint density at radius 1 is 1.19 bits per heavy atom. The summed E-state index contributed by atoms with van der Waals surface area (Å²) in [5.41, 5.74) is 1.78. The lowest BCUT2D eigenvalue weighted by molar-refractivity contribution is -0.115. The highest BCUT2D eigenvalue weighted by molar-refractivity contribution is 6.30. The molecule has 21 heavy (non-hydrogen) atoms. The van der Waals surface area contributed by atoms with E-state index >= 15 is 0 Å². The van der Waals surface area contributed by atoms with Crippen molar-refractivity contribution in [2.75, 3.05) is 19.0 Å². The van der Waals surface area contributed by atoms with E-state index in [1.807, 2.05) is 24.3 Å². The van der Waals surface area contributed by atoms with Crippen LogP contribution in [0, 0.1) is 0 Å². The van der Waals surface area contributed by atoms with E-state index < -0.39 is 0 Å². The lowest BCUT2D eigenvalue weighted by atomic mass is 10.2. The lowest BCUT2D eigenvalue weighted by Crippen LogP contribution is -2.27. The van der Waals surface area contributed by atoms with Crippen molar-refractivity contribution in [1.82, 2.24) is 5.32 Å². The van der Waals surface area contributed by atoms with Crippen LogP contribution in [0.5, 0.6) is 5.75 Å². The number of methoxy groups -OCH3 is 1. The van der Waals surface area contributed by atoms with Gasteiger partial charge in [0.05, 0.1) is 13.7 Å². The first-order valence-electron chi connectivity index (χ1n) is 6.56. The molecular weight excluding hydrogens is 288 g/mol. The Morgan fingerprint density at radius 3 is 2.62 bits per heavy atom. The number of hydrogen-bond acceptors (Lipinski definition) is 3. The Bertz CT molecular complexity index is 599. The molecule has 0 radical (unpaired) electrons. The fraction of sp³-hybridized carbons (Fsp3) is 0.188. The zero-order chi connectivity index (χ0) is 15.1. The monoisotopic (exact) mass is 304 g/mol. The standard InChI is InChI=1S/C16H17ClN2O2/c1-21-15-7-5-14(6-8-15)19-16(20)11-18-10-12-3-2-4-13(17)9-12/h2-9,18H,10-11H2,1H3,(H,19,20). The molecule has 5 heteroatoms. The molecule has 0 aromatic heterocycles. The molecule has 0 heterocycles. The lowest BCUT2D eigenvalue weighted by Gasteiger charge is -2.08. The third-order valence-corrected chi connectivity index (χ3v) is 3.11. The second kappa shape index (κ2) is 7.67. The first-order chi connectivity index (χ1) is 10.2. The second-order valence-corrected chi connectivity index (χ2v) is 4.95. The number of anilines is 1. The summed E-state index contributed by atoms with van der Waals surface area (Å²) in [6.07, 6.45) is 0. The van der Waals surface area contributed by atoms with Crippen molar-refractivity contribution < 1.29 is 9.53 Å². The van der Waals surface area contributed by atoms with Gasteiger partial charge in [-0.1, -0.05) is 23.7 Å². The van der Waals surface area contributed by atoms with E-state index in [4.69, 9.17) is 16.3 Å². The fourth-order valence-corrected chi connectivity index (χ4v) is 2.06. The molecule has 2 rings (SSSR count). The van der Waals surface area contributed by atoms with Crippen LogP contribution in [0.4, 0.5) is 5.69 Å². The van der Waals surface area contributed by atoms with Crippen LogP contribution in [0.3, 0.4) is 0 Å². The van der Waals surface area contributed by atoms with Crippen LogP contribution in [0.15, 0.2) is 48.5 Å². The minimum Gasteiger partial charge on any atom is -0.497 e. The summed E-state index contributed by atoms with van der Waals surface area (Å²) < 4.78 is 5.06. The predicted octanol–water partition coefficient (Wildman–Crippen LogP) is 3.08. The maximum Gasteiger partial charge on any atom is 0.238 e. The number of hydrogen-bond donors (Lipinski definition) is 2. The topological polar surface area (TPSA) is 50.4 Å². The Hall–Kier alpha value is -2.04. The van der Waals surface area contributed by atoms with Crippen LogP contribution in [0.25, 0.3) is 0 Å². The largest absolute Gasteiger partial charge is 0.497 e. The van der Waals surface area contributed by atoms with E-state index in [0.717, 1.165) is 17.0 Å². The van der Waals surface area contributed by atoms with Crippen molar-refractivity contribution in [3.8, 4) is 5.75 Å². The third-order valence-electron chi connectivity index (χ3n) is 2.88. The third kappa shape index (κ3) is 5.10. The Balaban J connectivity index is 1.76. The highest BCUT2D eigenvalue weighted by atomic mass is 35.5. The van der Waals surface area contributed by atoms with Gasteiger partial charge in [-0.05, 0) is 42.0 Å². The van der Waals surface area contributed by atoms with E-state index in [1.165, 1.54) is 0 Å². The summed E-state index contributed by atoms with van der Waals surface area (Å²) in [5, 5.41) is 6.58. The van der Waals surface area contributed by atoms with Crippen LogP contribution in [0.2, 0.25) is 5.02 Å². The molecule has 0 aliphatic carbocycles. The maximum atomic E-state index is 11.8. The van der Waals surface area contributed by atoms with Gasteiger partial charge in [0.15, 0.2) is 0 Å². The molecular formula is C16H17ClN2O2. The van der Waals surface area contributed by atoms with Gasteiger partial charge >= 0.3 is 0 Å². The molecule has 0 bridgehead atoms. The van der Waals surface area contributed by atoms with Crippen LogP contribution in [-0.2, 0) is 11.3 Å². The molecule has 110 valence electrons. The van der Waals surface area contributed by atoms with E-state index in [0.29, 0.717) is 11.6 Å². The summed E-state index contributed by atoms with van der Waals surface area (Å²) in [5.74, 6) is 0.661. The molecule has 0 atom stereocenters. The molecule has 2 aromatic rings. The average Bonchev–Trinajstić information content (AvgIpc) is 2.48. The Morgan fingerprint density at radius 2 is 1.95 bits per heavy atom. The summed E-state index contributed by atoms with van der Waals surface area (Å²) >= 11 is 5.90. The highest BCUT2D eigenvalue weighted by Gasteiger charge is 2.02. The van der Waals surface area contributed by atoms with Crippen LogP contribution in [0.1, 0.15) is 5.56 Å². The van der Waals surface area contributed by atoms with E-state index in [2.05, 4.69) is 10.6 Å². The minimum absolute atomic E-state index is 0.0952. The molecule has 0 unspecified atom stereocenters. The van der Waals surface area contributed by atoms with Crippen LogP contribution < -0.4 is 15.4 Å². The fourth-order valence-electron chi connectivity index (χ4n) is 1.85. The summed E-state index contributed by atoms with van der Waals surface area (Å²) in [6, 6.07) is 14.7. The first-order valence-corrected chi connectivity index (χ1v) is 6.94. The van der Waals surface area contributed by atoms with Crippen LogP contribution in [-0.4, -0.2) is 19.6 Å². The number of benzene rings is 2. The Labute approximate surface area is 129 Å². The van der Waals surface area contributed by atoms with Crippen LogP contribution >= 0.6 is 11.6 Å². The summed E-state index contributed by atoms with van der Waals surface area (Å²) in [6.45, 7) is 0.829. The molecule has 0 saturated carbocycles. The van der Waals surface area contributed by atoms with Crippen molar-refractivity contribution in [3.63, 3.8) is 0 Å². The van der Waals surface area contributed by atoms with Gasteiger partial charge in [0, 0.05) is 17.3 Å². The molecule has 0 aliphatic heterocycles. The van der Waals surface area contributed by atoms with Gasteiger partial charge in [0.25, 0.3) is 0 Å². The molecule has 0 saturated heterocycles. The van der Waals surface area contributed by atoms with Crippen molar-refractivity contribution in [2.24, 2.45) is 0 Å². The van der Waals surface area contributed by atoms with Crippen molar-refractivity contribution in [2.45, 2.75) is 6.54 Å². The number of rotatable bonds is 6. The molecule has 0 spiro atoms. The number of halogens is 1. The number of nitrogens with one attached hydrogen (secondary N) is 2. The smallest absolute Gasteiger partial charge is 0.238 e. The molecule has 1 amide bonds. The summed E-state index contributed by atoms with van der Waals surface area (Å²) in [7, 11) is 1.60. The number of carbonyl (C=O) groups is 1. The second-order valence-electron chi connectivity index (χ2n) is 4.51. The molecule has 0 aliphatic rings. The Kier molecular flexibility index (Phi) is 5.60. The molecule has 0 fully saturated rings. The van der Waals surface area contributed by atoms with Gasteiger partial charge in [-0.25, -0.2) is 0 Å². The number of ether oxygens (including phenoxy) is 1. The van der Waals surface area contributed by atoms with Crippen molar-refractivity contribution in [3.05, 3.63) is 59.1 Å². The van der Waals surface area contributed by atoms with E-state index in [-0.39, 0.29) is 12.5 Å². The number of carbonyl (C=O) groups excluding carboxylic acids is 1. The van der Waals surface area contributed by atoms with E-state index in [9.17, 15) is 4.79 Å². The van der Waals surface area contributed by atoms with Gasteiger partial charge in [-0.2, -0.15) is 0 Å². The molecule has 4 nitrogen and oxygen atoms in total. The normalized spacial score (nSPS) is 10.2. The predicted molar refractivity (Wildman–Crippen MR) is 84.8 cm³/mol. The van der Waals surface area contributed by atoms with Gasteiger partial charge in [0.2, 0.25) is 5.91 Å². The minimum atomic E-state index is -0.0952. The van der Waals surface area contributed by atoms with Gasteiger partial charge in [0.1, 0.15) is 5.75 Å². The molecule has 2 aromatic carbocycles. The summed E-state index contributed by atoms with van der Waals surface area (Å²) in [4.78, 5) is 11.8. The zero-order valence-corrected chi connectivity index (χ0v) is 12.5. The van der Waals surface area contributed by atoms with Crippen molar-refractivity contribution >= 4 is 23.2 Å². The average molecular weight is 305 g/mol. The quantitative estimate of drug-likeness (QED) is 0.862. The van der Waals surface area contributed by atoms with Gasteiger partial charge < -0.3 is 15.4 Å². The molecule has 2 N–H and O–H groups in total. The van der Waals surface area contributed by atoms with Gasteiger partial charge in [-0.3, -0.25) is 4.79 Å². The van der Waals surface area contributed by atoms with Crippen molar-refractivity contribution in [1.29, 1.82) is 0 Å². The maximum absolute atomic E-state index is 11.8. The van der Waals surface area contributed by atoms with Gasteiger partial charge in [-0.15, -0.1) is 0 Å². The highest BCUT2D eigenvalue weighted by Crippen LogP contribution is 2.14. The van der Waals surface area contributed by atoms with E-state index in [1.54, 1.807) is 31.4 Å². The first kappa shape index (κ1) is 15.4.